The molecule has 0 amide bonds. The lowest BCUT2D eigenvalue weighted by molar-refractivity contribution is 0.282. The summed E-state index contributed by atoms with van der Waals surface area (Å²) in [5, 5.41) is 16.0. The van der Waals surface area contributed by atoms with E-state index in [0.717, 1.165) is 18.7 Å². The Morgan fingerprint density at radius 3 is 3.00 bits per heavy atom. The Kier molecular flexibility index (Phi) is 3.76. The number of aromatic nitrogens is 2. The molecule has 1 rings (SSSR count). The van der Waals surface area contributed by atoms with Gasteiger partial charge >= 0.3 is 0 Å². The smallest absolute Gasteiger partial charge is 0.124 e. The average molecular weight is 183 g/mol. The van der Waals surface area contributed by atoms with Crippen molar-refractivity contribution in [1.82, 2.24) is 9.78 Å². The van der Waals surface area contributed by atoms with Crippen molar-refractivity contribution in [1.29, 1.82) is 0 Å². The Labute approximate surface area is 78.6 Å². The summed E-state index contributed by atoms with van der Waals surface area (Å²) in [6.45, 7) is 2.36. The first-order valence-electron chi connectivity index (χ1n) is 4.59. The number of hydrogen-bond donors (Lipinski definition) is 2. The van der Waals surface area contributed by atoms with Crippen LogP contribution in [-0.4, -0.2) is 27.5 Å². The fraction of sp³-hybridized carbons (Fsp3) is 0.667. The molecule has 0 bridgehead atoms. The highest BCUT2D eigenvalue weighted by Gasteiger charge is 2.03. The van der Waals surface area contributed by atoms with E-state index in [-0.39, 0.29) is 6.61 Å². The second-order valence-corrected chi connectivity index (χ2v) is 3.25. The van der Waals surface area contributed by atoms with Crippen molar-refractivity contribution in [3.63, 3.8) is 0 Å². The minimum Gasteiger partial charge on any atom is -0.396 e. The predicted octanol–water partition coefficient (Wildman–Crippen LogP) is 0.993. The fourth-order valence-electron chi connectivity index (χ4n) is 1.24. The number of aliphatic hydroxyl groups excluding tert-OH is 1. The second-order valence-electron chi connectivity index (χ2n) is 3.25. The quantitative estimate of drug-likeness (QED) is 0.715. The molecule has 1 atom stereocenters. The first-order chi connectivity index (χ1) is 6.24. The number of hydrogen-bond acceptors (Lipinski definition) is 3. The monoisotopic (exact) mass is 183 g/mol. The minimum atomic E-state index is 0.261. The van der Waals surface area contributed by atoms with E-state index in [2.05, 4.69) is 17.3 Å². The maximum Gasteiger partial charge on any atom is 0.124 e. The van der Waals surface area contributed by atoms with Gasteiger partial charge in [0.05, 0.1) is 6.20 Å². The summed E-state index contributed by atoms with van der Waals surface area (Å²) >= 11 is 0. The van der Waals surface area contributed by atoms with Gasteiger partial charge in [-0.25, -0.2) is 0 Å². The van der Waals surface area contributed by atoms with Crippen molar-refractivity contribution < 1.29 is 5.11 Å². The van der Waals surface area contributed by atoms with Crippen LogP contribution in [-0.2, 0) is 7.05 Å². The van der Waals surface area contributed by atoms with Crippen molar-refractivity contribution in [2.24, 2.45) is 7.05 Å². The lowest BCUT2D eigenvalue weighted by atomic mass is 10.2. The van der Waals surface area contributed by atoms with E-state index in [1.54, 1.807) is 10.9 Å². The number of nitrogens with zero attached hydrogens (tertiary/aromatic N) is 2. The van der Waals surface area contributed by atoms with Crippen molar-refractivity contribution in [3.05, 3.63) is 12.3 Å². The molecular weight excluding hydrogens is 166 g/mol. The molecule has 0 fully saturated rings. The first-order valence-corrected chi connectivity index (χ1v) is 4.59. The van der Waals surface area contributed by atoms with Gasteiger partial charge in [0.15, 0.2) is 0 Å². The Morgan fingerprint density at radius 2 is 2.46 bits per heavy atom. The average Bonchev–Trinajstić information content (AvgIpc) is 2.48. The summed E-state index contributed by atoms with van der Waals surface area (Å²) in [6, 6.07) is 2.32. The molecule has 0 aliphatic heterocycles. The zero-order valence-electron chi connectivity index (χ0n) is 8.20. The molecule has 1 heterocycles. The standard InChI is InChI=1S/C9H17N3O/c1-8(4-3-7-13)11-9-5-6-10-12(9)2/h5-6,8,11,13H,3-4,7H2,1-2H3. The normalized spacial score (nSPS) is 12.8. The van der Waals surface area contributed by atoms with Gasteiger partial charge in [-0.3, -0.25) is 4.68 Å². The third-order valence-electron chi connectivity index (χ3n) is 2.01. The highest BCUT2D eigenvalue weighted by molar-refractivity contribution is 5.34. The highest BCUT2D eigenvalue weighted by Crippen LogP contribution is 2.08. The summed E-state index contributed by atoms with van der Waals surface area (Å²) in [5.41, 5.74) is 0. The number of rotatable bonds is 5. The molecule has 0 aromatic carbocycles. The number of nitrogens with one attached hydrogen (secondary N) is 1. The topological polar surface area (TPSA) is 50.1 Å². The Balaban J connectivity index is 2.36. The van der Waals surface area contributed by atoms with Crippen molar-refractivity contribution >= 4 is 5.82 Å². The molecule has 4 nitrogen and oxygen atoms in total. The van der Waals surface area contributed by atoms with E-state index in [9.17, 15) is 0 Å². The zero-order valence-corrected chi connectivity index (χ0v) is 8.20. The summed E-state index contributed by atoms with van der Waals surface area (Å²) in [5.74, 6) is 1.02. The molecule has 74 valence electrons. The van der Waals surface area contributed by atoms with Gasteiger partial charge in [0, 0.05) is 25.8 Å². The SMILES string of the molecule is CC(CCCO)Nc1ccnn1C. The third kappa shape index (κ3) is 3.06. The van der Waals surface area contributed by atoms with Gasteiger partial charge in [-0.1, -0.05) is 0 Å². The number of aryl methyl sites for hydroxylation is 1. The lowest BCUT2D eigenvalue weighted by Gasteiger charge is -2.14. The van der Waals surface area contributed by atoms with Gasteiger partial charge in [0.2, 0.25) is 0 Å². The van der Waals surface area contributed by atoms with Crippen LogP contribution >= 0.6 is 0 Å². The Morgan fingerprint density at radius 1 is 1.69 bits per heavy atom. The van der Waals surface area contributed by atoms with E-state index in [1.165, 1.54) is 0 Å². The largest absolute Gasteiger partial charge is 0.396 e. The van der Waals surface area contributed by atoms with Gasteiger partial charge in [-0.2, -0.15) is 5.10 Å². The molecule has 1 aromatic heterocycles. The Hall–Kier alpha value is -1.03. The van der Waals surface area contributed by atoms with Gasteiger partial charge in [0.25, 0.3) is 0 Å². The van der Waals surface area contributed by atoms with Crippen LogP contribution in [0.2, 0.25) is 0 Å². The molecule has 0 radical (unpaired) electrons. The molecule has 4 heteroatoms. The molecular formula is C9H17N3O. The van der Waals surface area contributed by atoms with Gasteiger partial charge in [-0.05, 0) is 19.8 Å². The van der Waals surface area contributed by atoms with E-state index >= 15 is 0 Å². The van der Waals surface area contributed by atoms with Crippen molar-refractivity contribution in [2.45, 2.75) is 25.8 Å². The molecule has 2 N–H and O–H groups in total. The van der Waals surface area contributed by atoms with Crippen LogP contribution in [0.1, 0.15) is 19.8 Å². The maximum absolute atomic E-state index is 8.65. The summed E-state index contributed by atoms with van der Waals surface area (Å²) in [4.78, 5) is 0. The fourth-order valence-corrected chi connectivity index (χ4v) is 1.24. The van der Waals surface area contributed by atoms with Gasteiger partial charge < -0.3 is 10.4 Å². The maximum atomic E-state index is 8.65. The molecule has 0 saturated heterocycles. The molecule has 1 aromatic rings. The van der Waals surface area contributed by atoms with E-state index < -0.39 is 0 Å². The number of anilines is 1. The molecule has 1 unspecified atom stereocenters. The molecule has 0 saturated carbocycles. The molecule has 0 spiro atoms. The van der Waals surface area contributed by atoms with Crippen LogP contribution in [0.5, 0.6) is 0 Å². The third-order valence-corrected chi connectivity index (χ3v) is 2.01. The summed E-state index contributed by atoms with van der Waals surface area (Å²) in [7, 11) is 1.90. The molecule has 0 aliphatic rings. The predicted molar refractivity (Wildman–Crippen MR) is 52.6 cm³/mol. The zero-order chi connectivity index (χ0) is 9.68. The van der Waals surface area contributed by atoms with Crippen LogP contribution in [0.3, 0.4) is 0 Å². The highest BCUT2D eigenvalue weighted by atomic mass is 16.2. The van der Waals surface area contributed by atoms with Crippen molar-refractivity contribution in [3.8, 4) is 0 Å². The van der Waals surface area contributed by atoms with Crippen LogP contribution in [0.25, 0.3) is 0 Å². The van der Waals surface area contributed by atoms with Crippen LogP contribution in [0.15, 0.2) is 12.3 Å². The summed E-state index contributed by atoms with van der Waals surface area (Å²) < 4.78 is 1.80. The minimum absolute atomic E-state index is 0.261. The van der Waals surface area contributed by atoms with Crippen LogP contribution < -0.4 is 5.32 Å². The second kappa shape index (κ2) is 4.87. The number of aliphatic hydroxyl groups is 1. The van der Waals surface area contributed by atoms with Crippen LogP contribution in [0.4, 0.5) is 5.82 Å². The van der Waals surface area contributed by atoms with Gasteiger partial charge in [-0.15, -0.1) is 0 Å². The Bertz CT molecular complexity index is 247. The van der Waals surface area contributed by atoms with E-state index in [1.807, 2.05) is 13.1 Å². The molecule has 13 heavy (non-hydrogen) atoms. The molecule has 0 aliphatic carbocycles. The first kappa shape index (κ1) is 10.1. The van der Waals surface area contributed by atoms with Crippen LogP contribution in [0, 0.1) is 0 Å². The van der Waals surface area contributed by atoms with E-state index in [4.69, 9.17) is 5.11 Å². The van der Waals surface area contributed by atoms with Crippen molar-refractivity contribution in [2.75, 3.05) is 11.9 Å². The van der Waals surface area contributed by atoms with E-state index in [0.29, 0.717) is 6.04 Å². The lowest BCUT2D eigenvalue weighted by Crippen LogP contribution is -2.17. The van der Waals surface area contributed by atoms with Gasteiger partial charge in [0.1, 0.15) is 5.82 Å². The summed E-state index contributed by atoms with van der Waals surface area (Å²) in [6.07, 6.45) is 3.58.